The Balaban J connectivity index is 1.80. The molecule has 0 amide bonds. The molecule has 110 valence electrons. The van der Waals surface area contributed by atoms with E-state index in [0.29, 0.717) is 6.04 Å². The molecular weight excluding hydrogens is 254 g/mol. The maximum Gasteiger partial charge on any atom is 0.119 e. The molecule has 4 nitrogen and oxygen atoms in total. The van der Waals surface area contributed by atoms with Gasteiger partial charge in [0.2, 0.25) is 0 Å². The Bertz CT molecular complexity index is 491. The van der Waals surface area contributed by atoms with Crippen LogP contribution in [-0.2, 0) is 11.2 Å². The smallest absolute Gasteiger partial charge is 0.119 e. The molecule has 4 unspecified atom stereocenters. The van der Waals surface area contributed by atoms with Crippen LogP contribution in [0, 0.1) is 0 Å². The fourth-order valence-corrected chi connectivity index (χ4v) is 3.57. The van der Waals surface area contributed by atoms with Gasteiger partial charge in [0.05, 0.1) is 19.3 Å². The van der Waals surface area contributed by atoms with Crippen molar-refractivity contribution < 1.29 is 14.6 Å². The van der Waals surface area contributed by atoms with Crippen molar-refractivity contribution in [3.63, 3.8) is 0 Å². The average Bonchev–Trinajstić information content (AvgIpc) is 3.02. The first-order chi connectivity index (χ1) is 9.61. The number of nitrogens with zero attached hydrogens (tertiary/aromatic N) is 1. The van der Waals surface area contributed by atoms with Crippen LogP contribution >= 0.6 is 0 Å². The van der Waals surface area contributed by atoms with Gasteiger partial charge < -0.3 is 14.6 Å². The van der Waals surface area contributed by atoms with Gasteiger partial charge in [-0.15, -0.1) is 0 Å². The Labute approximate surface area is 120 Å². The second-order valence-corrected chi connectivity index (χ2v) is 5.88. The summed E-state index contributed by atoms with van der Waals surface area (Å²) in [5, 5.41) is 10.6. The summed E-state index contributed by atoms with van der Waals surface area (Å²) in [5.74, 6) is 0.809. The minimum Gasteiger partial charge on any atom is -0.497 e. The third kappa shape index (κ3) is 2.22. The number of methoxy groups -OCH3 is 1. The molecule has 1 aliphatic heterocycles. The van der Waals surface area contributed by atoms with Gasteiger partial charge in [0.25, 0.3) is 0 Å². The van der Waals surface area contributed by atoms with Gasteiger partial charge in [-0.1, -0.05) is 6.07 Å². The molecule has 1 aromatic rings. The lowest BCUT2D eigenvalue weighted by molar-refractivity contribution is 0.0228. The SMILES string of the molecule is COc1ccc2c(c1)C(O)C(N(C)C1CCOC1C)C2. The summed E-state index contributed by atoms with van der Waals surface area (Å²) in [6.45, 7) is 2.94. The average molecular weight is 277 g/mol. The van der Waals surface area contributed by atoms with Gasteiger partial charge >= 0.3 is 0 Å². The van der Waals surface area contributed by atoms with Crippen molar-refractivity contribution in [2.45, 2.75) is 44.1 Å². The van der Waals surface area contributed by atoms with E-state index < -0.39 is 6.10 Å². The van der Waals surface area contributed by atoms with E-state index in [0.717, 1.165) is 30.8 Å². The van der Waals surface area contributed by atoms with E-state index in [2.05, 4.69) is 24.9 Å². The number of benzene rings is 1. The van der Waals surface area contributed by atoms with Crippen LogP contribution in [0.1, 0.15) is 30.6 Å². The largest absolute Gasteiger partial charge is 0.497 e. The number of hydrogen-bond acceptors (Lipinski definition) is 4. The minimum atomic E-state index is -0.446. The van der Waals surface area contributed by atoms with Crippen molar-refractivity contribution in [3.8, 4) is 5.75 Å². The third-order valence-corrected chi connectivity index (χ3v) is 4.85. The second kappa shape index (κ2) is 5.35. The number of aliphatic hydroxyl groups excluding tert-OH is 1. The first kappa shape index (κ1) is 13.9. The van der Waals surface area contributed by atoms with Crippen LogP contribution in [0.3, 0.4) is 0 Å². The lowest BCUT2D eigenvalue weighted by Gasteiger charge is -2.34. The van der Waals surface area contributed by atoms with Gasteiger partial charge in [-0.2, -0.15) is 0 Å². The van der Waals surface area contributed by atoms with Crippen LogP contribution in [-0.4, -0.2) is 49.0 Å². The van der Waals surface area contributed by atoms with Gasteiger partial charge in [-0.25, -0.2) is 0 Å². The standard InChI is InChI=1S/C16H23NO3/c1-10-14(6-7-20-10)17(2)15-8-11-4-5-12(19-3)9-13(11)16(15)18/h4-5,9-10,14-16,18H,6-8H2,1-3H3. The Kier molecular flexibility index (Phi) is 3.71. The number of aliphatic hydroxyl groups is 1. The maximum absolute atomic E-state index is 10.6. The molecule has 1 saturated heterocycles. The molecule has 0 radical (unpaired) electrons. The van der Waals surface area contributed by atoms with Crippen LogP contribution in [0.25, 0.3) is 0 Å². The van der Waals surface area contributed by atoms with Crippen LogP contribution < -0.4 is 4.74 Å². The van der Waals surface area contributed by atoms with Crippen molar-refractivity contribution in [2.75, 3.05) is 20.8 Å². The van der Waals surface area contributed by atoms with Crippen molar-refractivity contribution in [1.29, 1.82) is 0 Å². The van der Waals surface area contributed by atoms with Crippen LogP contribution in [0.5, 0.6) is 5.75 Å². The molecule has 1 aromatic carbocycles. The zero-order chi connectivity index (χ0) is 14.3. The molecule has 0 spiro atoms. The highest BCUT2D eigenvalue weighted by atomic mass is 16.5. The van der Waals surface area contributed by atoms with Crippen LogP contribution in [0.15, 0.2) is 18.2 Å². The molecule has 0 aromatic heterocycles. The van der Waals surface area contributed by atoms with Gasteiger partial charge in [-0.05, 0) is 50.1 Å². The van der Waals surface area contributed by atoms with E-state index in [9.17, 15) is 5.11 Å². The fraction of sp³-hybridized carbons (Fsp3) is 0.625. The van der Waals surface area contributed by atoms with E-state index in [1.165, 1.54) is 5.56 Å². The molecular formula is C16H23NO3. The first-order valence-electron chi connectivity index (χ1n) is 7.30. The van der Waals surface area contributed by atoms with E-state index >= 15 is 0 Å². The number of likely N-dealkylation sites (N-methyl/N-ethyl adjacent to an activating group) is 1. The predicted octanol–water partition coefficient (Wildman–Crippen LogP) is 1.76. The first-order valence-corrected chi connectivity index (χ1v) is 7.30. The van der Waals surface area contributed by atoms with Gasteiger partial charge in [-0.3, -0.25) is 4.90 Å². The summed E-state index contributed by atoms with van der Waals surface area (Å²) in [4.78, 5) is 2.30. The highest BCUT2D eigenvalue weighted by Crippen LogP contribution is 2.38. The van der Waals surface area contributed by atoms with E-state index in [4.69, 9.17) is 9.47 Å². The number of fused-ring (bicyclic) bond motifs is 1. The van der Waals surface area contributed by atoms with Crippen molar-refractivity contribution >= 4 is 0 Å². The molecule has 4 heteroatoms. The van der Waals surface area contributed by atoms with Crippen LogP contribution in [0.4, 0.5) is 0 Å². The topological polar surface area (TPSA) is 41.9 Å². The van der Waals surface area contributed by atoms with Gasteiger partial charge in [0.15, 0.2) is 0 Å². The lowest BCUT2D eigenvalue weighted by Crippen LogP contribution is -2.45. The van der Waals surface area contributed by atoms with E-state index in [-0.39, 0.29) is 12.1 Å². The fourth-order valence-electron chi connectivity index (χ4n) is 3.57. The molecule has 0 saturated carbocycles. The van der Waals surface area contributed by atoms with E-state index in [1.54, 1.807) is 7.11 Å². The lowest BCUT2D eigenvalue weighted by atomic mass is 10.0. The molecule has 1 fully saturated rings. The normalized spacial score (nSPS) is 32.6. The summed E-state index contributed by atoms with van der Waals surface area (Å²) in [7, 11) is 3.76. The second-order valence-electron chi connectivity index (χ2n) is 5.88. The third-order valence-electron chi connectivity index (χ3n) is 4.85. The number of rotatable bonds is 3. The number of ether oxygens (including phenoxy) is 2. The molecule has 1 N–H and O–H groups in total. The predicted molar refractivity (Wildman–Crippen MR) is 77.0 cm³/mol. The van der Waals surface area contributed by atoms with Crippen molar-refractivity contribution in [3.05, 3.63) is 29.3 Å². The summed E-state index contributed by atoms with van der Waals surface area (Å²) in [6, 6.07) is 6.52. The zero-order valence-corrected chi connectivity index (χ0v) is 12.4. The maximum atomic E-state index is 10.6. The Hall–Kier alpha value is -1.10. The summed E-state index contributed by atoms with van der Waals surface area (Å²) in [6.07, 6.45) is 1.73. The monoisotopic (exact) mass is 277 g/mol. The summed E-state index contributed by atoms with van der Waals surface area (Å²) < 4.78 is 10.9. The summed E-state index contributed by atoms with van der Waals surface area (Å²) in [5.41, 5.74) is 2.23. The van der Waals surface area contributed by atoms with Gasteiger partial charge in [0, 0.05) is 18.7 Å². The zero-order valence-electron chi connectivity index (χ0n) is 12.4. The Morgan fingerprint density at radius 1 is 1.35 bits per heavy atom. The van der Waals surface area contributed by atoms with Crippen molar-refractivity contribution in [1.82, 2.24) is 4.90 Å². The minimum absolute atomic E-state index is 0.131. The van der Waals surface area contributed by atoms with Gasteiger partial charge in [0.1, 0.15) is 5.75 Å². The van der Waals surface area contributed by atoms with Crippen LogP contribution in [0.2, 0.25) is 0 Å². The molecule has 1 heterocycles. The summed E-state index contributed by atoms with van der Waals surface area (Å²) >= 11 is 0. The molecule has 0 bridgehead atoms. The van der Waals surface area contributed by atoms with E-state index in [1.807, 2.05) is 12.1 Å². The molecule has 4 atom stereocenters. The Morgan fingerprint density at radius 2 is 2.15 bits per heavy atom. The Morgan fingerprint density at radius 3 is 2.80 bits per heavy atom. The quantitative estimate of drug-likeness (QED) is 0.914. The highest BCUT2D eigenvalue weighted by Gasteiger charge is 2.39. The molecule has 1 aliphatic carbocycles. The molecule has 20 heavy (non-hydrogen) atoms. The number of hydrogen-bond donors (Lipinski definition) is 1. The molecule has 2 aliphatic rings. The molecule has 3 rings (SSSR count). The van der Waals surface area contributed by atoms with Crippen molar-refractivity contribution in [2.24, 2.45) is 0 Å². The highest BCUT2D eigenvalue weighted by molar-refractivity contribution is 5.41.